The van der Waals surface area contributed by atoms with E-state index in [1.807, 2.05) is 6.07 Å². The van der Waals surface area contributed by atoms with Crippen LogP contribution in [0.1, 0.15) is 48.1 Å². The largest absolute Gasteiger partial charge is 0.379 e. The van der Waals surface area contributed by atoms with Gasteiger partial charge in [0.15, 0.2) is 0 Å². The number of H-pyrrole nitrogens is 1. The van der Waals surface area contributed by atoms with Crippen LogP contribution in [0.4, 0.5) is 0 Å². The molecule has 1 aliphatic rings. The molecule has 1 saturated heterocycles. The minimum absolute atomic E-state index is 0.0537. The predicted molar refractivity (Wildman–Crippen MR) is 101 cm³/mol. The maximum Gasteiger partial charge on any atom is 0.272 e. The number of aromatic amines is 1. The lowest BCUT2D eigenvalue weighted by Gasteiger charge is -2.26. The Morgan fingerprint density at radius 2 is 1.85 bits per heavy atom. The van der Waals surface area contributed by atoms with Gasteiger partial charge in [0.1, 0.15) is 5.69 Å². The van der Waals surface area contributed by atoms with E-state index in [1.165, 1.54) is 5.56 Å². The standard InChI is InChI=1S/C20H28N4O2/c1-20(2,3)18-12-17(22-23-18)19(25)21-13-15-4-6-16(7-5-15)14-24-8-10-26-11-9-24/h4-7,12H,8-11,13-14H2,1-3H3,(H,21,25)(H,22,23). The molecule has 26 heavy (non-hydrogen) atoms. The molecule has 0 saturated carbocycles. The SMILES string of the molecule is CC(C)(C)c1cc(C(=O)NCc2ccc(CN3CCOCC3)cc2)n[nH]1. The van der Waals surface area contributed by atoms with Gasteiger partial charge in [-0.25, -0.2) is 0 Å². The van der Waals surface area contributed by atoms with E-state index in [9.17, 15) is 4.79 Å². The van der Waals surface area contributed by atoms with Gasteiger partial charge in [-0.15, -0.1) is 0 Å². The monoisotopic (exact) mass is 356 g/mol. The van der Waals surface area contributed by atoms with Crippen LogP contribution in [0.25, 0.3) is 0 Å². The Morgan fingerprint density at radius 1 is 1.19 bits per heavy atom. The van der Waals surface area contributed by atoms with Crippen molar-refractivity contribution in [2.75, 3.05) is 26.3 Å². The molecule has 6 heteroatoms. The van der Waals surface area contributed by atoms with Crippen molar-refractivity contribution in [3.63, 3.8) is 0 Å². The molecule has 0 unspecified atom stereocenters. The number of morpholine rings is 1. The highest BCUT2D eigenvalue weighted by molar-refractivity contribution is 5.92. The molecule has 1 aromatic carbocycles. The normalized spacial score (nSPS) is 15.8. The van der Waals surface area contributed by atoms with E-state index < -0.39 is 0 Å². The number of hydrogen-bond donors (Lipinski definition) is 2. The van der Waals surface area contributed by atoms with Crippen LogP contribution in [-0.2, 0) is 23.2 Å². The van der Waals surface area contributed by atoms with Crippen molar-refractivity contribution in [3.8, 4) is 0 Å². The average Bonchev–Trinajstić information content (AvgIpc) is 3.12. The van der Waals surface area contributed by atoms with E-state index in [4.69, 9.17) is 4.74 Å². The van der Waals surface area contributed by atoms with Crippen LogP contribution in [0.5, 0.6) is 0 Å². The summed E-state index contributed by atoms with van der Waals surface area (Å²) in [5.74, 6) is -0.158. The molecule has 2 N–H and O–H groups in total. The maximum absolute atomic E-state index is 12.3. The first-order chi connectivity index (χ1) is 12.4. The van der Waals surface area contributed by atoms with Gasteiger partial charge in [-0.05, 0) is 17.2 Å². The molecule has 0 atom stereocenters. The first-order valence-corrected chi connectivity index (χ1v) is 9.14. The molecule has 0 aliphatic carbocycles. The van der Waals surface area contributed by atoms with Gasteiger partial charge in [0.25, 0.3) is 5.91 Å². The second-order valence-corrected chi connectivity index (χ2v) is 7.80. The van der Waals surface area contributed by atoms with Crippen LogP contribution in [-0.4, -0.2) is 47.3 Å². The van der Waals surface area contributed by atoms with Gasteiger partial charge in [0.2, 0.25) is 0 Å². The first-order valence-electron chi connectivity index (χ1n) is 9.14. The third-order valence-corrected chi connectivity index (χ3v) is 4.60. The number of ether oxygens (including phenoxy) is 1. The number of rotatable bonds is 5. The minimum atomic E-state index is -0.158. The van der Waals surface area contributed by atoms with Gasteiger partial charge in [-0.3, -0.25) is 14.8 Å². The Morgan fingerprint density at radius 3 is 2.46 bits per heavy atom. The lowest BCUT2D eigenvalue weighted by molar-refractivity contribution is 0.0342. The number of amides is 1. The fraction of sp³-hybridized carbons (Fsp3) is 0.500. The molecule has 140 valence electrons. The van der Waals surface area contributed by atoms with E-state index in [1.54, 1.807) is 0 Å². The number of carbonyl (C=O) groups excluding carboxylic acids is 1. The summed E-state index contributed by atoms with van der Waals surface area (Å²) in [6.07, 6.45) is 0. The fourth-order valence-corrected chi connectivity index (χ4v) is 2.88. The van der Waals surface area contributed by atoms with Crippen molar-refractivity contribution in [2.45, 2.75) is 39.3 Å². The minimum Gasteiger partial charge on any atom is -0.379 e. The fourth-order valence-electron chi connectivity index (χ4n) is 2.88. The Labute approximate surface area is 154 Å². The summed E-state index contributed by atoms with van der Waals surface area (Å²) in [7, 11) is 0. The van der Waals surface area contributed by atoms with Gasteiger partial charge in [-0.1, -0.05) is 45.0 Å². The molecular weight excluding hydrogens is 328 g/mol. The van der Waals surface area contributed by atoms with Crippen molar-refractivity contribution >= 4 is 5.91 Å². The van der Waals surface area contributed by atoms with Crippen LogP contribution in [0, 0.1) is 0 Å². The molecule has 6 nitrogen and oxygen atoms in total. The molecule has 1 amide bonds. The Bertz CT molecular complexity index is 725. The predicted octanol–water partition coefficient (Wildman–Crippen LogP) is 2.47. The number of nitrogens with one attached hydrogen (secondary N) is 2. The van der Waals surface area contributed by atoms with Crippen molar-refractivity contribution in [3.05, 3.63) is 52.8 Å². The third-order valence-electron chi connectivity index (χ3n) is 4.60. The van der Waals surface area contributed by atoms with Crippen LogP contribution < -0.4 is 5.32 Å². The molecule has 2 aromatic rings. The summed E-state index contributed by atoms with van der Waals surface area (Å²) in [5.41, 5.74) is 3.69. The smallest absolute Gasteiger partial charge is 0.272 e. The number of aromatic nitrogens is 2. The molecule has 1 fully saturated rings. The first kappa shape index (κ1) is 18.6. The van der Waals surface area contributed by atoms with Crippen LogP contribution in [0.15, 0.2) is 30.3 Å². The zero-order valence-electron chi connectivity index (χ0n) is 15.8. The van der Waals surface area contributed by atoms with Gasteiger partial charge in [0, 0.05) is 37.3 Å². The molecule has 0 spiro atoms. The van der Waals surface area contributed by atoms with Gasteiger partial charge in [0.05, 0.1) is 13.2 Å². The average molecular weight is 356 g/mol. The summed E-state index contributed by atoms with van der Waals surface area (Å²) in [6, 6.07) is 10.2. The molecule has 1 aliphatic heterocycles. The zero-order valence-corrected chi connectivity index (χ0v) is 15.8. The van der Waals surface area contributed by atoms with Crippen molar-refractivity contribution in [1.82, 2.24) is 20.4 Å². The maximum atomic E-state index is 12.3. The van der Waals surface area contributed by atoms with Gasteiger partial charge < -0.3 is 10.1 Å². The van der Waals surface area contributed by atoms with E-state index >= 15 is 0 Å². The highest BCUT2D eigenvalue weighted by Crippen LogP contribution is 2.20. The summed E-state index contributed by atoms with van der Waals surface area (Å²) < 4.78 is 5.38. The van der Waals surface area contributed by atoms with Crippen molar-refractivity contribution in [1.29, 1.82) is 0 Å². The molecule has 1 aromatic heterocycles. The molecule has 2 heterocycles. The summed E-state index contributed by atoms with van der Waals surface area (Å²) in [4.78, 5) is 14.7. The van der Waals surface area contributed by atoms with Gasteiger partial charge >= 0.3 is 0 Å². The molecule has 0 radical (unpaired) electrons. The highest BCUT2D eigenvalue weighted by Gasteiger charge is 2.19. The number of carbonyl (C=O) groups is 1. The summed E-state index contributed by atoms with van der Waals surface area (Å²) in [6.45, 7) is 11.3. The number of benzene rings is 1. The van der Waals surface area contributed by atoms with Crippen molar-refractivity contribution in [2.24, 2.45) is 0 Å². The molecular formula is C20H28N4O2. The van der Waals surface area contributed by atoms with Gasteiger partial charge in [-0.2, -0.15) is 5.10 Å². The lowest BCUT2D eigenvalue weighted by Crippen LogP contribution is -2.35. The van der Waals surface area contributed by atoms with E-state index in [0.717, 1.165) is 44.1 Å². The number of nitrogens with zero attached hydrogens (tertiary/aromatic N) is 2. The van der Waals surface area contributed by atoms with E-state index in [-0.39, 0.29) is 11.3 Å². The zero-order chi connectivity index (χ0) is 18.6. The second-order valence-electron chi connectivity index (χ2n) is 7.80. The van der Waals surface area contributed by atoms with Crippen LogP contribution in [0.3, 0.4) is 0 Å². The quantitative estimate of drug-likeness (QED) is 0.863. The van der Waals surface area contributed by atoms with Crippen LogP contribution >= 0.6 is 0 Å². The number of hydrogen-bond acceptors (Lipinski definition) is 4. The highest BCUT2D eigenvalue weighted by atomic mass is 16.5. The Kier molecular flexibility index (Phi) is 5.74. The summed E-state index contributed by atoms with van der Waals surface area (Å²) in [5, 5.41) is 10.0. The van der Waals surface area contributed by atoms with E-state index in [2.05, 4.69) is 65.5 Å². The topological polar surface area (TPSA) is 70.2 Å². The van der Waals surface area contributed by atoms with E-state index in [0.29, 0.717) is 12.2 Å². The van der Waals surface area contributed by atoms with Crippen molar-refractivity contribution < 1.29 is 9.53 Å². The molecule has 3 rings (SSSR count). The van der Waals surface area contributed by atoms with Crippen LogP contribution in [0.2, 0.25) is 0 Å². The Balaban J connectivity index is 1.51. The lowest BCUT2D eigenvalue weighted by atomic mass is 9.92. The molecule has 0 bridgehead atoms. The summed E-state index contributed by atoms with van der Waals surface area (Å²) >= 11 is 0. The Hall–Kier alpha value is -2.18. The second kappa shape index (κ2) is 8.01. The third kappa shape index (κ3) is 4.93.